The first-order valence-electron chi connectivity index (χ1n) is 14.5. The number of amides is 4. The Hall–Kier alpha value is -3.38. The number of benzene rings is 4. The normalized spacial score (nSPS) is 27.5. The summed E-state index contributed by atoms with van der Waals surface area (Å²) in [4.78, 5) is 60.3. The highest BCUT2D eigenvalue weighted by atomic mass is 79.9. The number of hydrogen-bond donors (Lipinski definition) is 0. The maximum absolute atomic E-state index is 14.5. The molecule has 0 saturated carbocycles. The van der Waals surface area contributed by atoms with Gasteiger partial charge in [0.15, 0.2) is 0 Å². The van der Waals surface area contributed by atoms with Crippen LogP contribution in [0.3, 0.4) is 0 Å². The van der Waals surface area contributed by atoms with Crippen molar-refractivity contribution in [3.8, 4) is 0 Å². The molecule has 6 unspecified atom stereocenters. The fraction of sp³-hybridized carbons (Fsp3) is 0.176. The van der Waals surface area contributed by atoms with E-state index in [9.17, 15) is 19.2 Å². The number of hydrazine groups is 1. The lowest BCUT2D eigenvalue weighted by Gasteiger charge is -2.35. The summed E-state index contributed by atoms with van der Waals surface area (Å²) in [5, 5.41) is 4.46. The van der Waals surface area contributed by atoms with E-state index in [0.717, 1.165) is 20.1 Å². The number of carbonyl (C=O) groups is 4. The SMILES string of the molecule is O=C1C2C(C(=O)N1c1cccc(Cl)c1)N1C(c3ccc(Br)cc3)C3C(=O)N(c4cccc(Cl)c4)C(=O)C3N1C2c1ccc(Br)cc1. The van der Waals surface area contributed by atoms with E-state index in [1.165, 1.54) is 9.80 Å². The average molecular weight is 781 g/mol. The lowest BCUT2D eigenvalue weighted by molar-refractivity contribution is -0.136. The zero-order chi connectivity index (χ0) is 32.0. The quantitative estimate of drug-likeness (QED) is 0.209. The molecule has 12 heteroatoms. The van der Waals surface area contributed by atoms with E-state index in [-0.39, 0.29) is 0 Å². The van der Waals surface area contributed by atoms with E-state index in [2.05, 4.69) is 31.9 Å². The van der Waals surface area contributed by atoms with Gasteiger partial charge in [0.2, 0.25) is 11.8 Å². The summed E-state index contributed by atoms with van der Waals surface area (Å²) >= 11 is 19.6. The largest absolute Gasteiger partial charge is 0.274 e. The minimum Gasteiger partial charge on any atom is -0.274 e. The molecule has 4 aliphatic heterocycles. The highest BCUT2D eigenvalue weighted by Gasteiger charge is 2.73. The van der Waals surface area contributed by atoms with Crippen LogP contribution in [-0.4, -0.2) is 45.7 Å². The van der Waals surface area contributed by atoms with Gasteiger partial charge in [0, 0.05) is 19.0 Å². The van der Waals surface area contributed by atoms with E-state index >= 15 is 0 Å². The minimum atomic E-state index is -0.973. The molecule has 0 N–H and O–H groups in total. The molecule has 4 heterocycles. The van der Waals surface area contributed by atoms with E-state index in [0.29, 0.717) is 21.4 Å². The Labute approximate surface area is 290 Å². The molecular formula is C34H22Br2Cl2N4O4. The molecule has 0 spiro atoms. The van der Waals surface area contributed by atoms with E-state index in [4.69, 9.17) is 23.2 Å². The number of anilines is 2. The third-order valence-electron chi connectivity index (χ3n) is 9.28. The molecule has 6 atom stereocenters. The predicted octanol–water partition coefficient (Wildman–Crippen LogP) is 6.96. The second-order valence-corrected chi connectivity index (χ2v) is 14.4. The highest BCUT2D eigenvalue weighted by molar-refractivity contribution is 9.10. The van der Waals surface area contributed by atoms with Gasteiger partial charge in [0.25, 0.3) is 11.8 Å². The number of halogens is 4. The first kappa shape index (κ1) is 30.0. The van der Waals surface area contributed by atoms with Crippen LogP contribution in [0.2, 0.25) is 10.0 Å². The lowest BCUT2D eigenvalue weighted by Crippen LogP contribution is -2.50. The van der Waals surface area contributed by atoms with Crippen LogP contribution < -0.4 is 9.80 Å². The molecule has 4 fully saturated rings. The van der Waals surface area contributed by atoms with Gasteiger partial charge < -0.3 is 0 Å². The topological polar surface area (TPSA) is 81.2 Å². The van der Waals surface area contributed by atoms with Crippen molar-refractivity contribution in [1.82, 2.24) is 10.0 Å². The molecule has 0 aliphatic carbocycles. The number of imide groups is 2. The van der Waals surface area contributed by atoms with Crippen molar-refractivity contribution in [2.75, 3.05) is 9.80 Å². The fourth-order valence-corrected chi connectivity index (χ4v) is 8.45. The van der Waals surface area contributed by atoms with Crippen LogP contribution in [-0.2, 0) is 19.2 Å². The standard InChI is InChI=1S/C34H22Br2Cl2N4O4/c35-19-11-7-17(8-12-19)27-25-29(33(45)39(31(25)43)23-5-1-3-21(37)15-23)41-28(18-9-13-20(36)14-10-18)26-30(42(27)41)34(46)40(32(26)44)24-6-2-4-22(38)16-24/h1-16,25-30H. The van der Waals surface area contributed by atoms with Crippen molar-refractivity contribution in [1.29, 1.82) is 0 Å². The molecule has 0 bridgehead atoms. The molecule has 230 valence electrons. The number of hydrogen-bond acceptors (Lipinski definition) is 6. The molecule has 8 nitrogen and oxygen atoms in total. The minimum absolute atomic E-state index is 0.372. The second-order valence-electron chi connectivity index (χ2n) is 11.7. The van der Waals surface area contributed by atoms with Crippen LogP contribution in [0.5, 0.6) is 0 Å². The van der Waals surface area contributed by atoms with E-state index < -0.39 is 59.6 Å². The maximum Gasteiger partial charge on any atom is 0.253 e. The van der Waals surface area contributed by atoms with Gasteiger partial charge in [-0.2, -0.15) is 0 Å². The number of nitrogens with zero attached hydrogens (tertiary/aromatic N) is 4. The Balaban J connectivity index is 1.33. The molecule has 4 aromatic carbocycles. The Morgan fingerprint density at radius 1 is 0.478 bits per heavy atom. The summed E-state index contributed by atoms with van der Waals surface area (Å²) in [5.74, 6) is -3.39. The van der Waals surface area contributed by atoms with Crippen LogP contribution in [0, 0.1) is 11.8 Å². The van der Waals surface area contributed by atoms with Crippen LogP contribution in [0.1, 0.15) is 23.2 Å². The van der Waals surface area contributed by atoms with Gasteiger partial charge in [-0.3, -0.25) is 19.2 Å². The van der Waals surface area contributed by atoms with Gasteiger partial charge in [0.05, 0.1) is 35.3 Å². The van der Waals surface area contributed by atoms with Crippen molar-refractivity contribution in [2.24, 2.45) is 11.8 Å². The van der Waals surface area contributed by atoms with Crippen LogP contribution in [0.4, 0.5) is 11.4 Å². The van der Waals surface area contributed by atoms with Gasteiger partial charge in [-0.1, -0.05) is 91.5 Å². The summed E-state index contributed by atoms with van der Waals surface area (Å²) < 4.78 is 1.67. The third kappa shape index (κ3) is 4.38. The van der Waals surface area contributed by atoms with Crippen LogP contribution in [0.15, 0.2) is 106 Å². The monoisotopic (exact) mass is 778 g/mol. The Morgan fingerprint density at radius 2 is 0.848 bits per heavy atom. The molecule has 4 aromatic rings. The predicted molar refractivity (Wildman–Crippen MR) is 180 cm³/mol. The average Bonchev–Trinajstić information content (AvgIpc) is 3.69. The number of carbonyl (C=O) groups excluding carboxylic acids is 4. The second kappa shape index (κ2) is 11.1. The summed E-state index contributed by atoms with van der Waals surface area (Å²) in [6, 6.07) is 24.9. The van der Waals surface area contributed by atoms with Gasteiger partial charge in [-0.25, -0.2) is 19.8 Å². The van der Waals surface area contributed by atoms with Crippen molar-refractivity contribution in [3.63, 3.8) is 0 Å². The number of rotatable bonds is 4. The smallest absolute Gasteiger partial charge is 0.253 e. The van der Waals surface area contributed by atoms with E-state index in [1.54, 1.807) is 48.5 Å². The first-order chi connectivity index (χ1) is 22.2. The summed E-state index contributed by atoms with van der Waals surface area (Å²) in [5.41, 5.74) is 2.23. The summed E-state index contributed by atoms with van der Waals surface area (Å²) in [7, 11) is 0. The summed E-state index contributed by atoms with van der Waals surface area (Å²) in [6.45, 7) is 0. The zero-order valence-corrected chi connectivity index (χ0v) is 28.3. The fourth-order valence-electron chi connectivity index (χ4n) is 7.56. The van der Waals surface area contributed by atoms with Crippen molar-refractivity contribution >= 4 is 90.1 Å². The third-order valence-corrected chi connectivity index (χ3v) is 10.8. The molecule has 46 heavy (non-hydrogen) atoms. The van der Waals surface area contributed by atoms with Crippen molar-refractivity contribution in [2.45, 2.75) is 24.2 Å². The van der Waals surface area contributed by atoms with Crippen LogP contribution >= 0.6 is 55.1 Å². The molecule has 4 amide bonds. The summed E-state index contributed by atoms with van der Waals surface area (Å²) in [6.07, 6.45) is 0. The van der Waals surface area contributed by atoms with Gasteiger partial charge in [-0.15, -0.1) is 0 Å². The maximum atomic E-state index is 14.5. The molecule has 0 aromatic heterocycles. The van der Waals surface area contributed by atoms with Crippen LogP contribution in [0.25, 0.3) is 0 Å². The number of fused-ring (bicyclic) bond motifs is 5. The van der Waals surface area contributed by atoms with E-state index in [1.807, 2.05) is 58.5 Å². The molecular weight excluding hydrogens is 759 g/mol. The lowest BCUT2D eigenvalue weighted by atomic mass is 9.84. The Kier molecular flexibility index (Phi) is 7.24. The molecule has 4 saturated heterocycles. The highest BCUT2D eigenvalue weighted by Crippen LogP contribution is 2.60. The Bertz CT molecular complexity index is 1820. The zero-order valence-electron chi connectivity index (χ0n) is 23.6. The van der Waals surface area contributed by atoms with Gasteiger partial charge >= 0.3 is 0 Å². The first-order valence-corrected chi connectivity index (χ1v) is 16.8. The van der Waals surface area contributed by atoms with Crippen molar-refractivity contribution in [3.05, 3.63) is 127 Å². The van der Waals surface area contributed by atoms with Gasteiger partial charge in [-0.05, 0) is 71.8 Å². The van der Waals surface area contributed by atoms with Crippen molar-refractivity contribution < 1.29 is 19.2 Å². The van der Waals surface area contributed by atoms with Gasteiger partial charge in [0.1, 0.15) is 12.1 Å². The molecule has 0 radical (unpaired) electrons. The molecule has 8 rings (SSSR count). The molecule has 4 aliphatic rings. The Morgan fingerprint density at radius 3 is 1.20 bits per heavy atom.